The summed E-state index contributed by atoms with van der Waals surface area (Å²) in [5, 5.41) is 2.96. The summed E-state index contributed by atoms with van der Waals surface area (Å²) >= 11 is 0. The highest BCUT2D eigenvalue weighted by Crippen LogP contribution is 2.32. The van der Waals surface area contributed by atoms with Crippen LogP contribution < -0.4 is 11.1 Å². The lowest BCUT2D eigenvalue weighted by Crippen LogP contribution is -2.51. The summed E-state index contributed by atoms with van der Waals surface area (Å²) in [4.78, 5) is 26.6. The number of nitrogens with two attached hydrogens (primary N) is 1. The summed E-state index contributed by atoms with van der Waals surface area (Å²) in [7, 11) is 1.80. The third kappa shape index (κ3) is 3.57. The number of benzene rings is 1. The molecule has 5 nitrogen and oxygen atoms in total. The molecule has 3 N–H and O–H groups in total. The van der Waals surface area contributed by atoms with E-state index in [1.807, 2.05) is 19.1 Å². The maximum atomic E-state index is 12.6. The molecule has 1 fully saturated rings. The molecule has 6 heteroatoms. The average molecular weight is 352 g/mol. The zero-order chi connectivity index (χ0) is 16.6. The van der Waals surface area contributed by atoms with Gasteiger partial charge >= 0.3 is 0 Å². The van der Waals surface area contributed by atoms with E-state index in [1.54, 1.807) is 18.0 Å². The molecule has 1 saturated carbocycles. The molecule has 1 aliphatic carbocycles. The van der Waals surface area contributed by atoms with Gasteiger partial charge in [0.25, 0.3) is 5.91 Å². The second-order valence-electron chi connectivity index (χ2n) is 7.14. The lowest BCUT2D eigenvalue weighted by atomic mass is 9.74. The molecule has 1 aliphatic heterocycles. The van der Waals surface area contributed by atoms with Crippen LogP contribution in [0.2, 0.25) is 0 Å². The van der Waals surface area contributed by atoms with Crippen molar-refractivity contribution in [1.82, 2.24) is 4.90 Å². The Labute approximate surface area is 149 Å². The van der Waals surface area contributed by atoms with E-state index in [9.17, 15) is 9.59 Å². The van der Waals surface area contributed by atoms with Gasteiger partial charge in [-0.15, -0.1) is 12.4 Å². The SMILES string of the molecule is CN1CCc2ccc(NC(=O)C3CCCCC3(C)N)cc2C1=O.Cl. The number of amides is 2. The molecule has 0 aromatic heterocycles. The minimum Gasteiger partial charge on any atom is -0.341 e. The average Bonchev–Trinajstić information content (AvgIpc) is 2.51. The molecule has 1 heterocycles. The molecule has 0 spiro atoms. The number of fused-ring (bicyclic) bond motifs is 1. The van der Waals surface area contributed by atoms with E-state index in [2.05, 4.69) is 5.32 Å². The lowest BCUT2D eigenvalue weighted by molar-refractivity contribution is -0.122. The molecule has 0 saturated heterocycles. The Bertz CT molecular complexity index is 645. The summed E-state index contributed by atoms with van der Waals surface area (Å²) in [6.45, 7) is 2.70. The van der Waals surface area contributed by atoms with Crippen molar-refractivity contribution in [2.24, 2.45) is 11.7 Å². The summed E-state index contributed by atoms with van der Waals surface area (Å²) < 4.78 is 0. The number of halogens is 1. The lowest BCUT2D eigenvalue weighted by Gasteiger charge is -2.37. The van der Waals surface area contributed by atoms with E-state index in [1.165, 1.54) is 0 Å². The van der Waals surface area contributed by atoms with E-state index in [0.717, 1.165) is 44.2 Å². The molecular formula is C18H26ClN3O2. The van der Waals surface area contributed by atoms with Crippen LogP contribution in [0.3, 0.4) is 0 Å². The summed E-state index contributed by atoms with van der Waals surface area (Å²) in [5.74, 6) is -0.194. The van der Waals surface area contributed by atoms with E-state index in [4.69, 9.17) is 5.73 Å². The van der Waals surface area contributed by atoms with Crippen molar-refractivity contribution >= 4 is 29.9 Å². The Morgan fingerprint density at radius 2 is 2.12 bits per heavy atom. The first-order valence-electron chi connectivity index (χ1n) is 8.36. The van der Waals surface area contributed by atoms with Gasteiger partial charge in [-0.25, -0.2) is 0 Å². The van der Waals surface area contributed by atoms with Gasteiger partial charge in [-0.2, -0.15) is 0 Å². The number of hydrogen-bond donors (Lipinski definition) is 2. The van der Waals surface area contributed by atoms with Gasteiger partial charge in [0.15, 0.2) is 0 Å². The third-order valence-corrected chi connectivity index (χ3v) is 5.24. The molecule has 2 amide bonds. The van der Waals surface area contributed by atoms with Gasteiger partial charge in [0, 0.05) is 30.4 Å². The van der Waals surface area contributed by atoms with Crippen LogP contribution in [0.25, 0.3) is 0 Å². The maximum Gasteiger partial charge on any atom is 0.253 e. The van der Waals surface area contributed by atoms with Crippen molar-refractivity contribution in [3.63, 3.8) is 0 Å². The highest BCUT2D eigenvalue weighted by molar-refractivity contribution is 5.99. The Balaban J connectivity index is 0.00000208. The third-order valence-electron chi connectivity index (χ3n) is 5.24. The summed E-state index contributed by atoms with van der Waals surface area (Å²) in [6.07, 6.45) is 4.67. The highest BCUT2D eigenvalue weighted by atomic mass is 35.5. The minimum atomic E-state index is -0.452. The Morgan fingerprint density at radius 1 is 1.38 bits per heavy atom. The van der Waals surface area contributed by atoms with Crippen molar-refractivity contribution in [3.8, 4) is 0 Å². The quantitative estimate of drug-likeness (QED) is 0.859. The highest BCUT2D eigenvalue weighted by Gasteiger charge is 2.37. The smallest absolute Gasteiger partial charge is 0.253 e. The molecule has 24 heavy (non-hydrogen) atoms. The monoisotopic (exact) mass is 351 g/mol. The van der Waals surface area contributed by atoms with E-state index in [-0.39, 0.29) is 30.1 Å². The number of nitrogens with zero attached hydrogens (tertiary/aromatic N) is 1. The first kappa shape index (κ1) is 18.7. The number of hydrogen-bond acceptors (Lipinski definition) is 3. The van der Waals surface area contributed by atoms with Crippen LogP contribution in [0, 0.1) is 5.92 Å². The summed E-state index contributed by atoms with van der Waals surface area (Å²) in [5.41, 5.74) is 8.27. The van der Waals surface area contributed by atoms with Crippen molar-refractivity contribution in [3.05, 3.63) is 29.3 Å². The van der Waals surface area contributed by atoms with Crippen LogP contribution in [0.1, 0.15) is 48.5 Å². The molecule has 0 bridgehead atoms. The van der Waals surface area contributed by atoms with Crippen LogP contribution >= 0.6 is 12.4 Å². The fourth-order valence-electron chi connectivity index (χ4n) is 3.68. The van der Waals surface area contributed by atoms with Gasteiger partial charge in [-0.1, -0.05) is 18.9 Å². The van der Waals surface area contributed by atoms with E-state index >= 15 is 0 Å². The molecule has 2 aliphatic rings. The topological polar surface area (TPSA) is 75.4 Å². The summed E-state index contributed by atoms with van der Waals surface area (Å²) in [6, 6.07) is 5.62. The van der Waals surface area contributed by atoms with Crippen LogP contribution in [-0.2, 0) is 11.2 Å². The number of rotatable bonds is 2. The second kappa shape index (κ2) is 7.11. The van der Waals surface area contributed by atoms with Crippen molar-refractivity contribution in [2.75, 3.05) is 18.9 Å². The van der Waals surface area contributed by atoms with Gasteiger partial charge in [0.2, 0.25) is 5.91 Å². The fourth-order valence-corrected chi connectivity index (χ4v) is 3.68. The van der Waals surface area contributed by atoms with Crippen LogP contribution in [0.15, 0.2) is 18.2 Å². The van der Waals surface area contributed by atoms with Gasteiger partial charge < -0.3 is 16.0 Å². The van der Waals surface area contributed by atoms with Gasteiger partial charge in [-0.3, -0.25) is 9.59 Å². The largest absolute Gasteiger partial charge is 0.341 e. The molecule has 2 atom stereocenters. The van der Waals surface area contributed by atoms with E-state index in [0.29, 0.717) is 11.3 Å². The van der Waals surface area contributed by atoms with Crippen molar-refractivity contribution in [2.45, 2.75) is 44.6 Å². The Hall–Kier alpha value is -1.59. The molecule has 3 rings (SSSR count). The number of likely N-dealkylation sites (N-methyl/N-ethyl adjacent to an activating group) is 1. The molecule has 132 valence electrons. The zero-order valence-electron chi connectivity index (χ0n) is 14.3. The van der Waals surface area contributed by atoms with Gasteiger partial charge in [0.05, 0.1) is 5.92 Å². The molecule has 1 aromatic rings. The fraction of sp³-hybridized carbons (Fsp3) is 0.556. The standard InChI is InChI=1S/C18H25N3O2.ClH/c1-18(19)9-4-3-5-15(18)16(22)20-13-7-6-12-8-10-21(2)17(23)14(12)11-13;/h6-7,11,15H,3-5,8-10,19H2,1-2H3,(H,20,22);1H. The first-order valence-corrected chi connectivity index (χ1v) is 8.36. The normalized spacial score (nSPS) is 26.4. The van der Waals surface area contributed by atoms with Crippen molar-refractivity contribution in [1.29, 1.82) is 0 Å². The second-order valence-corrected chi connectivity index (χ2v) is 7.14. The molecular weight excluding hydrogens is 326 g/mol. The number of carbonyl (C=O) groups is 2. The van der Waals surface area contributed by atoms with Crippen LogP contribution in [0.4, 0.5) is 5.69 Å². The molecule has 2 unspecified atom stereocenters. The molecule has 1 aromatic carbocycles. The van der Waals surface area contributed by atoms with Gasteiger partial charge in [0.1, 0.15) is 0 Å². The number of anilines is 1. The first-order chi connectivity index (χ1) is 10.9. The number of carbonyl (C=O) groups excluding carboxylic acids is 2. The predicted molar refractivity (Wildman–Crippen MR) is 97.5 cm³/mol. The minimum absolute atomic E-state index is 0. The Kier molecular flexibility index (Phi) is 5.56. The van der Waals surface area contributed by atoms with Crippen LogP contribution in [0.5, 0.6) is 0 Å². The van der Waals surface area contributed by atoms with Gasteiger partial charge in [-0.05, 0) is 43.9 Å². The van der Waals surface area contributed by atoms with Crippen molar-refractivity contribution < 1.29 is 9.59 Å². The molecule has 0 radical (unpaired) electrons. The van der Waals surface area contributed by atoms with Crippen LogP contribution in [-0.4, -0.2) is 35.8 Å². The Morgan fingerprint density at radius 3 is 2.83 bits per heavy atom. The maximum absolute atomic E-state index is 12.6. The van der Waals surface area contributed by atoms with E-state index < -0.39 is 5.54 Å². The number of nitrogens with one attached hydrogen (secondary N) is 1. The predicted octanol–water partition coefficient (Wildman–Crippen LogP) is 2.58. The zero-order valence-corrected chi connectivity index (χ0v) is 15.1.